The van der Waals surface area contributed by atoms with E-state index in [1.165, 1.54) is 65.6 Å². The van der Waals surface area contributed by atoms with Gasteiger partial charge in [0.15, 0.2) is 10.2 Å². The second-order valence-corrected chi connectivity index (χ2v) is 46.0. The van der Waals surface area contributed by atoms with Crippen LogP contribution in [0.5, 0.6) is 0 Å². The molecule has 0 radical (unpaired) electrons. The first-order valence-electron chi connectivity index (χ1n) is 38.7. The van der Waals surface area contributed by atoms with Crippen molar-refractivity contribution in [2.45, 2.75) is 279 Å². The number of aromatic nitrogens is 1. The molecule has 26 heteroatoms. The van der Waals surface area contributed by atoms with Gasteiger partial charge in [-0.05, 0) is 118 Å². The number of hydrogen-bond donors (Lipinski definition) is 4. The van der Waals surface area contributed by atoms with Crippen LogP contribution >= 0.6 is 34.9 Å². The number of thiazole rings is 1. The largest absolute Gasteiger partial charge is 0.466 e. The first kappa shape index (κ1) is 95.3. The number of carbonyl (C=O) groups excluding carboxylic acids is 10. The third kappa shape index (κ3) is 39.2. The minimum absolute atomic E-state index is 0.0418. The fourth-order valence-electron chi connectivity index (χ4n) is 10.9. The number of benzene rings is 2. The smallest absolute Gasteiger partial charge is 0.408 e. The Morgan fingerprint density at radius 2 is 1.04 bits per heavy atom. The van der Waals surface area contributed by atoms with Gasteiger partial charge in [-0.25, -0.2) is 24.2 Å². The van der Waals surface area contributed by atoms with Crippen LogP contribution in [-0.2, 0) is 62.0 Å². The van der Waals surface area contributed by atoms with E-state index in [1.54, 1.807) is 59.8 Å². The Bertz CT molecular complexity index is 3380. The summed E-state index contributed by atoms with van der Waals surface area (Å²) in [6.07, 6.45) is 18.0. The highest BCUT2D eigenvalue weighted by atomic mass is 32.2. The molecule has 0 aliphatic heterocycles. The van der Waals surface area contributed by atoms with Crippen LogP contribution < -0.4 is 21.3 Å². The molecule has 0 bridgehead atoms. The van der Waals surface area contributed by atoms with Crippen molar-refractivity contribution in [2.24, 2.45) is 17.8 Å². The van der Waals surface area contributed by atoms with Gasteiger partial charge in [-0.1, -0.05) is 236 Å². The number of allylic oxidation sites excluding steroid dienone is 3. The van der Waals surface area contributed by atoms with E-state index < -0.39 is 106 Å². The van der Waals surface area contributed by atoms with Crippen LogP contribution in [-0.4, -0.2) is 140 Å². The average Bonchev–Trinajstić information content (AvgIpc) is 1.62. The summed E-state index contributed by atoms with van der Waals surface area (Å²) in [6, 6.07) is 15.2. The van der Waals surface area contributed by atoms with E-state index in [9.17, 15) is 47.9 Å². The molecule has 4 N–H and O–H groups in total. The molecule has 21 nitrogen and oxygen atoms in total. The lowest BCUT2D eigenvalue weighted by Gasteiger charge is -2.24. The van der Waals surface area contributed by atoms with Gasteiger partial charge < -0.3 is 49.7 Å². The molecule has 0 saturated carbocycles. The van der Waals surface area contributed by atoms with Gasteiger partial charge in [-0.15, -0.1) is 11.3 Å². The minimum Gasteiger partial charge on any atom is -0.466 e. The predicted molar refractivity (Wildman–Crippen MR) is 440 cm³/mol. The second kappa shape index (κ2) is 50.1. The molecule has 1 aliphatic rings. The zero-order chi connectivity index (χ0) is 80.6. The van der Waals surface area contributed by atoms with Crippen molar-refractivity contribution >= 4 is 109 Å². The molecular formula is C82H127N5O16S3Si2. The Balaban J connectivity index is 0.000000566. The van der Waals surface area contributed by atoms with Gasteiger partial charge >= 0.3 is 36.1 Å². The number of carbonyl (C=O) groups is 10. The van der Waals surface area contributed by atoms with Gasteiger partial charge in [0.05, 0.1) is 32.1 Å². The summed E-state index contributed by atoms with van der Waals surface area (Å²) in [5.41, 5.74) is 3.68. The number of thioether (sulfide) groups is 2. The fraction of sp³-hybridized carbons (Fsp3) is 0.622. The third-order valence-corrected chi connectivity index (χ3v) is 23.4. The van der Waals surface area contributed by atoms with Crippen LogP contribution in [0.1, 0.15) is 224 Å². The van der Waals surface area contributed by atoms with Crippen molar-refractivity contribution in [3.05, 3.63) is 112 Å². The maximum absolute atomic E-state index is 13.6. The van der Waals surface area contributed by atoms with Crippen LogP contribution in [0.15, 0.2) is 90.0 Å². The normalized spacial score (nSPS) is 13.8. The summed E-state index contributed by atoms with van der Waals surface area (Å²) >= 11 is 3.77. The molecule has 602 valence electrons. The number of esters is 4. The highest BCUT2D eigenvalue weighted by Gasteiger charge is 2.35. The van der Waals surface area contributed by atoms with Crippen LogP contribution in [0.2, 0.25) is 51.4 Å². The lowest BCUT2D eigenvalue weighted by molar-refractivity contribution is -0.157. The van der Waals surface area contributed by atoms with Gasteiger partial charge in [-0.2, -0.15) is 0 Å². The highest BCUT2D eigenvalue weighted by molar-refractivity contribution is 8.13. The molecule has 0 saturated heterocycles. The van der Waals surface area contributed by atoms with Gasteiger partial charge in [0.1, 0.15) is 52.9 Å². The van der Waals surface area contributed by atoms with E-state index in [0.29, 0.717) is 48.8 Å². The van der Waals surface area contributed by atoms with Crippen LogP contribution in [0, 0.1) is 17.8 Å². The van der Waals surface area contributed by atoms with Crippen LogP contribution in [0.25, 0.3) is 11.1 Å². The number of fused-ring (bicyclic) bond motifs is 3. The molecule has 0 unspecified atom stereocenters. The molecule has 0 spiro atoms. The molecule has 5 atom stereocenters. The van der Waals surface area contributed by atoms with Gasteiger partial charge in [-0.3, -0.25) is 28.8 Å². The van der Waals surface area contributed by atoms with E-state index >= 15 is 0 Å². The minimum atomic E-state index is -1.45. The Labute approximate surface area is 658 Å². The van der Waals surface area contributed by atoms with E-state index in [0.717, 1.165) is 79.3 Å². The van der Waals surface area contributed by atoms with Gasteiger partial charge in [0.2, 0.25) is 0 Å². The lowest BCUT2D eigenvalue weighted by Crippen LogP contribution is -2.48. The molecule has 3 aromatic rings. The SMILES string of the molecule is C/C=C(\NC(=O)c1csc([C@H](NC(=O)OC(C)(C)C)C(C)C)n1)C(=O)N[C@H](C(=O)O[C@H](/C=C/CCSC(=O)CCCCCCC)CC(=O)OCC[Si](C)(C)C)C(C)C.CCCCCCCC(=O)SCC/C=C/[C@H](CC(=O)OCC[Si](C)(C)C)OC(=O)[C@@H](NC(=O)OCC1c2ccccc2-c2ccccc21)C(C)C. The van der Waals surface area contributed by atoms with Crippen LogP contribution in [0.4, 0.5) is 9.59 Å². The first-order chi connectivity index (χ1) is 50.9. The number of alkyl carbamates (subject to hydrolysis) is 2. The number of hydrogen-bond acceptors (Lipinski definition) is 20. The topological polar surface area (TPSA) is 287 Å². The van der Waals surface area contributed by atoms with Crippen molar-refractivity contribution in [3.63, 3.8) is 0 Å². The molecule has 1 heterocycles. The van der Waals surface area contributed by atoms with Crippen molar-refractivity contribution in [3.8, 4) is 11.1 Å². The van der Waals surface area contributed by atoms with E-state index in [-0.39, 0.29) is 65.4 Å². The number of ether oxygens (including phenoxy) is 6. The number of amides is 4. The number of nitrogens with one attached hydrogen (secondary N) is 4. The summed E-state index contributed by atoms with van der Waals surface area (Å²) in [4.78, 5) is 134. The summed E-state index contributed by atoms with van der Waals surface area (Å²) < 4.78 is 33.7. The van der Waals surface area contributed by atoms with Gasteiger partial charge in [0, 0.05) is 51.8 Å². The van der Waals surface area contributed by atoms with E-state index in [2.05, 4.69) is 91.5 Å². The monoisotopic (exact) mass is 1590 g/mol. The molecule has 0 fully saturated rings. The molecule has 1 aliphatic carbocycles. The summed E-state index contributed by atoms with van der Waals surface area (Å²) in [5, 5.41) is 13.1. The standard InChI is InChI=1S/C42H70N4O9S2Si.C40H57NO7SSi/c1-13-15-16-17-18-22-34(48)56-24-20-19-21-30(26-33(47)53-23-25-58(10,11)12)54-40(51)36(29(5)6)45-37(49)31(14-2)43-38(50)32-27-57-39(44-32)35(28(3)4)46-41(52)55-42(7,8)9;1-7-8-9-10-11-23-37(43)49-25-17-16-18-30(27-36(42)46-24-26-50(4,5)6)48-39(44)38(29(2)3)41-40(45)47-28-35-33-21-14-12-19-31(33)32-20-13-15-22-34(32)35/h14,19,21,27-30,35-36H,13,15-18,20,22-26H2,1-12H3,(H,43,50)(H,45,49)(H,46,52);12-16,18-22,29-30,35,38H,7-11,17,23-28H2,1-6H3,(H,41,45)/b21-19+,31-14-;18-16+/t30-,35-,36+;30-,38+/m11/s1. The third-order valence-electron chi connectivity index (χ3n) is 17.2. The molecule has 2 aromatic carbocycles. The Morgan fingerprint density at radius 3 is 1.46 bits per heavy atom. The lowest BCUT2D eigenvalue weighted by atomic mass is 9.98. The van der Waals surface area contributed by atoms with Crippen molar-refractivity contribution < 1.29 is 76.4 Å². The maximum Gasteiger partial charge on any atom is 0.408 e. The summed E-state index contributed by atoms with van der Waals surface area (Å²) in [6.45, 7) is 36.0. The molecule has 108 heavy (non-hydrogen) atoms. The molecule has 4 rings (SSSR count). The van der Waals surface area contributed by atoms with E-state index in [4.69, 9.17) is 28.4 Å². The highest BCUT2D eigenvalue weighted by Crippen LogP contribution is 2.44. The Hall–Kier alpha value is -6.88. The van der Waals surface area contributed by atoms with Crippen molar-refractivity contribution in [2.75, 3.05) is 31.3 Å². The number of rotatable bonds is 46. The van der Waals surface area contributed by atoms with Gasteiger partial charge in [0.25, 0.3) is 11.8 Å². The zero-order valence-electron chi connectivity index (χ0n) is 67.7. The quantitative estimate of drug-likeness (QED) is 0.0102. The summed E-state index contributed by atoms with van der Waals surface area (Å²) in [5.74, 6) is -3.52. The van der Waals surface area contributed by atoms with Crippen LogP contribution in [0.3, 0.4) is 0 Å². The summed E-state index contributed by atoms with van der Waals surface area (Å²) in [7, 11) is -2.85. The number of nitrogens with zero attached hydrogens (tertiary/aromatic N) is 1. The Kier molecular flexibility index (Phi) is 44.2. The average molecular weight is 1590 g/mol. The van der Waals surface area contributed by atoms with Crippen molar-refractivity contribution in [1.82, 2.24) is 26.3 Å². The second-order valence-electron chi connectivity index (χ2n) is 31.6. The fourth-order valence-corrected chi connectivity index (χ4v) is 14.9. The molecule has 4 amide bonds. The number of unbranched alkanes of at least 4 members (excludes halogenated alkanes) is 8. The molecular weight excluding hydrogens is 1460 g/mol. The first-order valence-corrected chi connectivity index (χ1v) is 48.9. The maximum atomic E-state index is 13.6. The van der Waals surface area contributed by atoms with Crippen molar-refractivity contribution in [1.29, 1.82) is 0 Å². The zero-order valence-corrected chi connectivity index (χ0v) is 72.2. The Morgan fingerprint density at radius 1 is 0.583 bits per heavy atom. The molecule has 1 aromatic heterocycles. The predicted octanol–water partition coefficient (Wildman–Crippen LogP) is 18.2. The van der Waals surface area contributed by atoms with E-state index in [1.807, 2.05) is 70.2 Å².